The number of hydrogen-bond donors (Lipinski definition) is 2. The van der Waals surface area contributed by atoms with E-state index >= 15 is 0 Å². The fourth-order valence-corrected chi connectivity index (χ4v) is 3.92. The normalized spacial score (nSPS) is 27.7. The monoisotopic (exact) mass is 444 g/mol. The number of halogens is 1. The number of fused-ring (bicyclic) bond motifs is 1. The van der Waals surface area contributed by atoms with E-state index in [-0.39, 0.29) is 29.4 Å². The first-order valence-corrected chi connectivity index (χ1v) is 8.61. The van der Waals surface area contributed by atoms with Crippen molar-refractivity contribution in [2.24, 2.45) is 16.3 Å². The van der Waals surface area contributed by atoms with Crippen molar-refractivity contribution in [1.29, 1.82) is 0 Å². The molecular weight excluding hydrogens is 415 g/mol. The lowest BCUT2D eigenvalue weighted by atomic mass is 9.57. The standard InChI is InChI=1S/C18H28N4O.HI/c1-5-19-17(21-11-14-12(2)7-6-9-20-14)22-15-13-8-10-23-16(13)18(15,3)4;/h6-7,9,13,15-16H,5,8,10-11H2,1-4H3,(H2,19,21,22);1H. The van der Waals surface area contributed by atoms with Gasteiger partial charge in [0.15, 0.2) is 5.96 Å². The summed E-state index contributed by atoms with van der Waals surface area (Å²) in [5.41, 5.74) is 2.36. The molecule has 1 saturated heterocycles. The van der Waals surface area contributed by atoms with Crippen LogP contribution in [0.5, 0.6) is 0 Å². The van der Waals surface area contributed by atoms with Crippen LogP contribution in [0, 0.1) is 18.3 Å². The average molecular weight is 444 g/mol. The highest BCUT2D eigenvalue weighted by Gasteiger charge is 2.59. The third-order valence-electron chi connectivity index (χ3n) is 5.24. The molecule has 1 aliphatic carbocycles. The zero-order valence-electron chi connectivity index (χ0n) is 15.0. The van der Waals surface area contributed by atoms with Crippen molar-refractivity contribution in [2.75, 3.05) is 13.2 Å². The highest BCUT2D eigenvalue weighted by Crippen LogP contribution is 2.52. The molecule has 2 heterocycles. The van der Waals surface area contributed by atoms with Gasteiger partial charge in [0.25, 0.3) is 0 Å². The highest BCUT2D eigenvalue weighted by molar-refractivity contribution is 14.0. The summed E-state index contributed by atoms with van der Waals surface area (Å²) in [6, 6.07) is 4.45. The molecule has 0 amide bonds. The number of hydrogen-bond acceptors (Lipinski definition) is 3. The summed E-state index contributed by atoms with van der Waals surface area (Å²) < 4.78 is 5.87. The Morgan fingerprint density at radius 3 is 2.96 bits per heavy atom. The second kappa shape index (κ2) is 7.99. The summed E-state index contributed by atoms with van der Waals surface area (Å²) >= 11 is 0. The quantitative estimate of drug-likeness (QED) is 0.426. The van der Waals surface area contributed by atoms with Crippen LogP contribution in [0.2, 0.25) is 0 Å². The fraction of sp³-hybridized carbons (Fsp3) is 0.667. The summed E-state index contributed by atoms with van der Waals surface area (Å²) in [4.78, 5) is 9.16. The summed E-state index contributed by atoms with van der Waals surface area (Å²) in [7, 11) is 0. The molecule has 6 heteroatoms. The Labute approximate surface area is 162 Å². The van der Waals surface area contributed by atoms with Gasteiger partial charge in [-0.3, -0.25) is 4.98 Å². The predicted molar refractivity (Wildman–Crippen MR) is 108 cm³/mol. The van der Waals surface area contributed by atoms with Crippen LogP contribution in [0.15, 0.2) is 23.3 Å². The molecule has 0 radical (unpaired) electrons. The van der Waals surface area contributed by atoms with Crippen LogP contribution < -0.4 is 10.6 Å². The molecule has 2 N–H and O–H groups in total. The van der Waals surface area contributed by atoms with Crippen molar-refractivity contribution >= 4 is 29.9 Å². The second-order valence-electron chi connectivity index (χ2n) is 7.15. The van der Waals surface area contributed by atoms with Gasteiger partial charge in [-0.2, -0.15) is 0 Å². The number of guanidine groups is 1. The predicted octanol–water partition coefficient (Wildman–Crippen LogP) is 2.88. The molecule has 0 bridgehead atoms. The van der Waals surface area contributed by atoms with Crippen molar-refractivity contribution in [1.82, 2.24) is 15.6 Å². The maximum absolute atomic E-state index is 5.87. The van der Waals surface area contributed by atoms with E-state index in [9.17, 15) is 0 Å². The minimum absolute atomic E-state index is 0. The van der Waals surface area contributed by atoms with E-state index in [4.69, 9.17) is 9.73 Å². The zero-order valence-corrected chi connectivity index (χ0v) is 17.3. The molecule has 1 aromatic heterocycles. The van der Waals surface area contributed by atoms with Crippen LogP contribution in [0.25, 0.3) is 0 Å². The van der Waals surface area contributed by atoms with E-state index in [2.05, 4.69) is 49.4 Å². The second-order valence-corrected chi connectivity index (χ2v) is 7.15. The molecule has 134 valence electrons. The Kier molecular flexibility index (Phi) is 6.47. The van der Waals surface area contributed by atoms with Gasteiger partial charge in [-0.25, -0.2) is 4.99 Å². The van der Waals surface area contributed by atoms with Crippen LogP contribution in [0.1, 0.15) is 38.4 Å². The van der Waals surface area contributed by atoms with Crippen LogP contribution in [-0.4, -0.2) is 36.2 Å². The number of aliphatic imine (C=N–C) groups is 1. The summed E-state index contributed by atoms with van der Waals surface area (Å²) in [6.07, 6.45) is 3.36. The van der Waals surface area contributed by atoms with Gasteiger partial charge in [-0.1, -0.05) is 19.9 Å². The fourth-order valence-electron chi connectivity index (χ4n) is 3.92. The number of aryl methyl sites for hydroxylation is 1. The van der Waals surface area contributed by atoms with Crippen molar-refractivity contribution in [3.8, 4) is 0 Å². The first-order valence-electron chi connectivity index (χ1n) is 8.61. The summed E-state index contributed by atoms with van der Waals surface area (Å²) in [5, 5.41) is 7.00. The molecule has 2 aliphatic rings. The molecule has 1 aromatic rings. The Morgan fingerprint density at radius 2 is 2.25 bits per heavy atom. The van der Waals surface area contributed by atoms with E-state index in [1.54, 1.807) is 0 Å². The first kappa shape index (κ1) is 19.4. The molecule has 5 nitrogen and oxygen atoms in total. The number of ether oxygens (including phenoxy) is 1. The van der Waals surface area contributed by atoms with Gasteiger partial charge < -0.3 is 15.4 Å². The number of nitrogens with one attached hydrogen (secondary N) is 2. The van der Waals surface area contributed by atoms with Crippen LogP contribution in [-0.2, 0) is 11.3 Å². The number of aromatic nitrogens is 1. The topological polar surface area (TPSA) is 58.5 Å². The Bertz CT molecular complexity index is 590. The van der Waals surface area contributed by atoms with E-state index in [0.717, 1.165) is 31.2 Å². The van der Waals surface area contributed by atoms with Crippen LogP contribution in [0.4, 0.5) is 0 Å². The van der Waals surface area contributed by atoms with Gasteiger partial charge in [0.2, 0.25) is 0 Å². The van der Waals surface area contributed by atoms with Crippen molar-refractivity contribution < 1.29 is 4.74 Å². The lowest BCUT2D eigenvalue weighted by Gasteiger charge is -2.54. The van der Waals surface area contributed by atoms with Gasteiger partial charge in [0.1, 0.15) is 0 Å². The third kappa shape index (κ3) is 3.69. The molecule has 1 aliphatic heterocycles. The number of pyridine rings is 1. The number of nitrogens with zero attached hydrogens (tertiary/aromatic N) is 2. The first-order chi connectivity index (χ1) is 11.0. The lowest BCUT2D eigenvalue weighted by Crippen LogP contribution is -2.67. The molecule has 1 saturated carbocycles. The van der Waals surface area contributed by atoms with Crippen molar-refractivity contribution in [3.63, 3.8) is 0 Å². The Hall–Kier alpha value is -0.890. The van der Waals surface area contributed by atoms with E-state index in [1.165, 1.54) is 5.56 Å². The smallest absolute Gasteiger partial charge is 0.191 e. The highest BCUT2D eigenvalue weighted by atomic mass is 127. The molecule has 2 fully saturated rings. The van der Waals surface area contributed by atoms with E-state index in [0.29, 0.717) is 24.6 Å². The van der Waals surface area contributed by atoms with E-state index < -0.39 is 0 Å². The van der Waals surface area contributed by atoms with Gasteiger partial charge >= 0.3 is 0 Å². The van der Waals surface area contributed by atoms with Crippen LogP contribution >= 0.6 is 24.0 Å². The number of rotatable bonds is 4. The molecule has 0 spiro atoms. The lowest BCUT2D eigenvalue weighted by molar-refractivity contribution is -0.106. The van der Waals surface area contributed by atoms with Gasteiger partial charge in [-0.05, 0) is 31.9 Å². The molecular formula is C18H29IN4O. The summed E-state index contributed by atoms with van der Waals surface area (Å²) in [5.74, 6) is 1.48. The van der Waals surface area contributed by atoms with E-state index in [1.807, 2.05) is 12.3 Å². The molecule has 0 aromatic carbocycles. The third-order valence-corrected chi connectivity index (χ3v) is 5.24. The average Bonchev–Trinajstić information content (AvgIpc) is 2.98. The maximum Gasteiger partial charge on any atom is 0.191 e. The van der Waals surface area contributed by atoms with Gasteiger partial charge in [0, 0.05) is 36.7 Å². The SMILES string of the molecule is CCNC(=NCc1ncccc1C)NC1C2CCOC2C1(C)C.I. The van der Waals surface area contributed by atoms with Crippen molar-refractivity contribution in [3.05, 3.63) is 29.6 Å². The minimum atomic E-state index is 0. The molecule has 3 unspecified atom stereocenters. The van der Waals surface area contributed by atoms with Gasteiger partial charge in [0.05, 0.1) is 18.3 Å². The zero-order chi connectivity index (χ0) is 16.4. The van der Waals surface area contributed by atoms with Crippen molar-refractivity contribution in [2.45, 2.75) is 52.8 Å². The minimum Gasteiger partial charge on any atom is -0.377 e. The maximum atomic E-state index is 5.87. The Balaban J connectivity index is 0.00000208. The summed E-state index contributed by atoms with van der Waals surface area (Å²) in [6.45, 7) is 11.1. The molecule has 24 heavy (non-hydrogen) atoms. The van der Waals surface area contributed by atoms with Gasteiger partial charge in [-0.15, -0.1) is 24.0 Å². The molecule has 3 atom stereocenters. The largest absolute Gasteiger partial charge is 0.377 e. The molecule has 3 rings (SSSR count). The van der Waals surface area contributed by atoms with Crippen LogP contribution in [0.3, 0.4) is 0 Å². The Morgan fingerprint density at radius 1 is 1.46 bits per heavy atom.